The molecule has 0 fully saturated rings. The molecular weight excluding hydrogens is 378 g/mol. The number of hydrogen-bond donors (Lipinski definition) is 2. The van der Waals surface area contributed by atoms with Crippen molar-refractivity contribution < 1.29 is 14.5 Å². The van der Waals surface area contributed by atoms with Gasteiger partial charge < -0.3 is 10.1 Å². The average Bonchev–Trinajstić information content (AvgIpc) is 2.61. The van der Waals surface area contributed by atoms with Crippen molar-refractivity contribution in [2.24, 2.45) is 0 Å². The minimum absolute atomic E-state index is 0.0786. The highest BCUT2D eigenvalue weighted by Crippen LogP contribution is 2.27. The Morgan fingerprint density at radius 3 is 2.73 bits per heavy atom. The number of halogens is 1. The van der Waals surface area contributed by atoms with Crippen LogP contribution in [0.2, 0.25) is 5.02 Å². The van der Waals surface area contributed by atoms with Gasteiger partial charge in [0.2, 0.25) is 5.91 Å². The molecule has 2 N–H and O–H groups in total. The molecule has 0 aliphatic rings. The van der Waals surface area contributed by atoms with E-state index in [9.17, 15) is 14.9 Å². The monoisotopic (exact) mass is 391 g/mol. The van der Waals surface area contributed by atoms with Crippen molar-refractivity contribution in [3.8, 4) is 5.75 Å². The van der Waals surface area contributed by atoms with Crippen molar-refractivity contribution in [2.75, 3.05) is 12.4 Å². The Bertz CT molecular complexity index is 886. The van der Waals surface area contributed by atoms with Crippen LogP contribution in [0, 0.1) is 10.1 Å². The lowest BCUT2D eigenvalue weighted by atomic mass is 10.2. The number of nitro benzene ring substituents is 1. The molecule has 2 rings (SSSR count). The fourth-order valence-electron chi connectivity index (χ4n) is 2.04. The number of benzene rings is 2. The lowest BCUT2D eigenvalue weighted by Gasteiger charge is -2.09. The van der Waals surface area contributed by atoms with E-state index in [2.05, 4.69) is 10.6 Å². The van der Waals surface area contributed by atoms with Gasteiger partial charge in [0.15, 0.2) is 5.11 Å². The van der Waals surface area contributed by atoms with Gasteiger partial charge in [-0.1, -0.05) is 29.8 Å². The number of carbonyl (C=O) groups is 1. The van der Waals surface area contributed by atoms with Crippen LogP contribution in [0.5, 0.6) is 5.75 Å². The predicted molar refractivity (Wildman–Crippen MR) is 104 cm³/mol. The van der Waals surface area contributed by atoms with Crippen LogP contribution >= 0.6 is 23.8 Å². The molecule has 1 amide bonds. The molecule has 9 heteroatoms. The van der Waals surface area contributed by atoms with Gasteiger partial charge in [-0.25, -0.2) is 0 Å². The fourth-order valence-corrected chi connectivity index (χ4v) is 2.42. The van der Waals surface area contributed by atoms with E-state index in [4.69, 9.17) is 28.6 Å². The summed E-state index contributed by atoms with van der Waals surface area (Å²) in [7, 11) is 1.53. The largest absolute Gasteiger partial charge is 0.496 e. The molecule has 0 spiro atoms. The Morgan fingerprint density at radius 1 is 1.31 bits per heavy atom. The van der Waals surface area contributed by atoms with Crippen molar-refractivity contribution in [1.82, 2.24) is 5.32 Å². The SMILES string of the molecule is COc1ccccc1C=CC(=O)NC(=S)Nc1ccc(Cl)cc1[N+](=O)[O-]. The van der Waals surface area contributed by atoms with E-state index in [1.807, 2.05) is 12.1 Å². The van der Waals surface area contributed by atoms with Gasteiger partial charge in [-0.15, -0.1) is 0 Å². The first-order valence-corrected chi connectivity index (χ1v) is 8.06. The molecule has 0 aliphatic carbocycles. The molecule has 7 nitrogen and oxygen atoms in total. The van der Waals surface area contributed by atoms with Crippen molar-refractivity contribution in [3.63, 3.8) is 0 Å². The maximum absolute atomic E-state index is 12.0. The predicted octanol–water partition coefficient (Wildman–Crippen LogP) is 3.78. The first-order chi connectivity index (χ1) is 12.4. The minimum atomic E-state index is -0.597. The van der Waals surface area contributed by atoms with Crippen LogP contribution in [-0.4, -0.2) is 23.1 Å². The number of nitrogens with one attached hydrogen (secondary N) is 2. The number of amides is 1. The molecule has 0 bridgehead atoms. The molecule has 0 saturated heterocycles. The van der Waals surface area contributed by atoms with Gasteiger partial charge in [0.05, 0.1) is 12.0 Å². The summed E-state index contributed by atoms with van der Waals surface area (Å²) in [5.41, 5.74) is 0.592. The molecule has 2 aromatic rings. The standard InChI is InChI=1S/C17H14ClN3O4S/c1-25-15-5-3-2-4-11(15)6-9-16(22)20-17(26)19-13-8-7-12(18)10-14(13)21(23)24/h2-10H,1H3,(H2,19,20,22,26). The lowest BCUT2D eigenvalue weighted by Crippen LogP contribution is -2.33. The number of ether oxygens (including phenoxy) is 1. The Hall–Kier alpha value is -2.97. The molecular formula is C17H14ClN3O4S. The van der Waals surface area contributed by atoms with Gasteiger partial charge in [-0.3, -0.25) is 20.2 Å². The van der Waals surface area contributed by atoms with Gasteiger partial charge in [0, 0.05) is 22.7 Å². The number of nitrogens with zero attached hydrogens (tertiary/aromatic N) is 1. The molecule has 0 atom stereocenters. The minimum Gasteiger partial charge on any atom is -0.496 e. The normalized spacial score (nSPS) is 10.4. The van der Waals surface area contributed by atoms with Gasteiger partial charge in [-0.2, -0.15) is 0 Å². The summed E-state index contributed by atoms with van der Waals surface area (Å²) in [5.74, 6) is 0.124. The van der Waals surface area contributed by atoms with Crippen LogP contribution in [0.15, 0.2) is 48.5 Å². The van der Waals surface area contributed by atoms with Crippen molar-refractivity contribution >= 4 is 52.3 Å². The fraction of sp³-hybridized carbons (Fsp3) is 0.0588. The van der Waals surface area contributed by atoms with Crippen molar-refractivity contribution in [2.45, 2.75) is 0 Å². The van der Waals surface area contributed by atoms with E-state index in [0.29, 0.717) is 5.75 Å². The van der Waals surface area contributed by atoms with Crippen LogP contribution in [0.1, 0.15) is 5.56 Å². The van der Waals surface area contributed by atoms with Gasteiger partial charge >= 0.3 is 0 Å². The smallest absolute Gasteiger partial charge is 0.294 e. The molecule has 0 heterocycles. The molecule has 0 aliphatic heterocycles. The topological polar surface area (TPSA) is 93.5 Å². The summed E-state index contributed by atoms with van der Waals surface area (Å²) in [6, 6.07) is 11.3. The number of para-hydroxylation sites is 1. The molecule has 0 aromatic heterocycles. The number of thiocarbonyl (C=S) groups is 1. The van der Waals surface area contributed by atoms with Gasteiger partial charge in [0.1, 0.15) is 11.4 Å². The maximum Gasteiger partial charge on any atom is 0.294 e. The molecule has 0 saturated carbocycles. The quantitative estimate of drug-likeness (QED) is 0.348. The summed E-state index contributed by atoms with van der Waals surface area (Å²) >= 11 is 10.8. The summed E-state index contributed by atoms with van der Waals surface area (Å²) in [5, 5.41) is 16.2. The zero-order valence-corrected chi connectivity index (χ0v) is 15.1. The zero-order chi connectivity index (χ0) is 19.1. The van der Waals surface area contributed by atoms with Crippen LogP contribution in [0.25, 0.3) is 6.08 Å². The molecule has 0 unspecified atom stereocenters. The number of hydrogen-bond acceptors (Lipinski definition) is 5. The van der Waals surface area contributed by atoms with E-state index in [1.54, 1.807) is 18.2 Å². The third kappa shape index (κ3) is 5.27. The second-order valence-corrected chi connectivity index (χ2v) is 5.78. The van der Waals surface area contributed by atoms with Crippen LogP contribution in [-0.2, 0) is 4.79 Å². The van der Waals surface area contributed by atoms with E-state index < -0.39 is 10.8 Å². The Kier molecular flexibility index (Phi) is 6.65. The summed E-state index contributed by atoms with van der Waals surface area (Å²) in [4.78, 5) is 22.4. The van der Waals surface area contributed by atoms with E-state index in [-0.39, 0.29) is 21.5 Å². The second kappa shape index (κ2) is 8.93. The van der Waals surface area contributed by atoms with Crippen LogP contribution in [0.3, 0.4) is 0 Å². The lowest BCUT2D eigenvalue weighted by molar-refractivity contribution is -0.383. The average molecular weight is 392 g/mol. The Balaban J connectivity index is 2.03. The zero-order valence-electron chi connectivity index (χ0n) is 13.6. The van der Waals surface area contributed by atoms with Crippen LogP contribution in [0.4, 0.5) is 11.4 Å². The maximum atomic E-state index is 12.0. The second-order valence-electron chi connectivity index (χ2n) is 4.94. The highest BCUT2D eigenvalue weighted by atomic mass is 35.5. The third-order valence-electron chi connectivity index (χ3n) is 3.19. The summed E-state index contributed by atoms with van der Waals surface area (Å²) in [6.07, 6.45) is 2.85. The number of rotatable bonds is 5. The summed E-state index contributed by atoms with van der Waals surface area (Å²) < 4.78 is 5.19. The van der Waals surface area contributed by atoms with Gasteiger partial charge in [0.25, 0.3) is 5.69 Å². The van der Waals surface area contributed by atoms with E-state index in [0.717, 1.165) is 5.56 Å². The number of methoxy groups -OCH3 is 1. The number of carbonyl (C=O) groups excluding carboxylic acids is 1. The summed E-state index contributed by atoms with van der Waals surface area (Å²) in [6.45, 7) is 0. The highest BCUT2D eigenvalue weighted by molar-refractivity contribution is 7.80. The highest BCUT2D eigenvalue weighted by Gasteiger charge is 2.15. The first-order valence-electron chi connectivity index (χ1n) is 7.27. The van der Waals surface area contributed by atoms with Crippen molar-refractivity contribution in [3.05, 3.63) is 69.2 Å². The molecule has 2 aromatic carbocycles. The Labute approximate surface area is 159 Å². The van der Waals surface area contributed by atoms with E-state index in [1.165, 1.54) is 31.4 Å². The number of anilines is 1. The molecule has 134 valence electrons. The van der Waals surface area contributed by atoms with Crippen molar-refractivity contribution in [1.29, 1.82) is 0 Å². The Morgan fingerprint density at radius 2 is 2.04 bits per heavy atom. The van der Waals surface area contributed by atoms with Crippen LogP contribution < -0.4 is 15.4 Å². The molecule has 0 radical (unpaired) electrons. The van der Waals surface area contributed by atoms with E-state index >= 15 is 0 Å². The molecule has 26 heavy (non-hydrogen) atoms. The third-order valence-corrected chi connectivity index (χ3v) is 3.63. The van der Waals surface area contributed by atoms with Gasteiger partial charge in [-0.05, 0) is 36.5 Å². The number of nitro groups is 1. The first kappa shape index (κ1) is 19.4.